The summed E-state index contributed by atoms with van der Waals surface area (Å²) in [6, 6.07) is 10.9. The summed E-state index contributed by atoms with van der Waals surface area (Å²) in [7, 11) is -3.24. The van der Waals surface area contributed by atoms with Gasteiger partial charge in [0.15, 0.2) is 21.3 Å². The second-order valence-electron chi connectivity index (χ2n) is 6.63. The Morgan fingerprint density at radius 3 is 2.92 bits per heavy atom. The van der Waals surface area contributed by atoms with Crippen molar-refractivity contribution in [1.29, 1.82) is 0 Å². The topological polar surface area (TPSA) is 76.3 Å². The van der Waals surface area contributed by atoms with Gasteiger partial charge in [-0.2, -0.15) is 0 Å². The van der Waals surface area contributed by atoms with Gasteiger partial charge in [-0.05, 0) is 43.3 Å². The molecule has 1 aliphatic rings. The first kappa shape index (κ1) is 17.2. The lowest BCUT2D eigenvalue weighted by Crippen LogP contribution is -2.20. The molecular weight excluding hydrogens is 350 g/mol. The Morgan fingerprint density at radius 2 is 2.15 bits per heavy atom. The third kappa shape index (κ3) is 3.37. The maximum atomic E-state index is 12.1. The standard InChI is InChI=1S/C19H21N3O3S/c1-2-26(23,24)16-6-7-18-17(11-16)21-19(25-18)14-8-10-22(12-14)13-15-5-3-4-9-20-15/h3-7,9,11,14H,2,8,10,12-13H2,1H3. The highest BCUT2D eigenvalue weighted by molar-refractivity contribution is 7.91. The van der Waals surface area contributed by atoms with Crippen molar-refractivity contribution >= 4 is 20.9 Å². The van der Waals surface area contributed by atoms with Gasteiger partial charge >= 0.3 is 0 Å². The van der Waals surface area contributed by atoms with E-state index in [0.717, 1.165) is 31.7 Å². The lowest BCUT2D eigenvalue weighted by atomic mass is 10.1. The molecule has 0 bridgehead atoms. The number of fused-ring (bicyclic) bond motifs is 1. The molecule has 0 N–H and O–H groups in total. The van der Waals surface area contributed by atoms with E-state index in [1.807, 2.05) is 24.4 Å². The molecule has 1 fully saturated rings. The van der Waals surface area contributed by atoms with Crippen molar-refractivity contribution < 1.29 is 12.8 Å². The van der Waals surface area contributed by atoms with E-state index in [1.165, 1.54) is 0 Å². The number of aromatic nitrogens is 2. The van der Waals surface area contributed by atoms with E-state index in [4.69, 9.17) is 4.42 Å². The average Bonchev–Trinajstić information content (AvgIpc) is 3.28. The van der Waals surface area contributed by atoms with Crippen molar-refractivity contribution in [3.8, 4) is 0 Å². The van der Waals surface area contributed by atoms with Crippen LogP contribution in [-0.2, 0) is 16.4 Å². The number of pyridine rings is 1. The van der Waals surface area contributed by atoms with Gasteiger partial charge in [0.05, 0.1) is 16.3 Å². The number of nitrogens with zero attached hydrogens (tertiary/aromatic N) is 3. The average molecular weight is 371 g/mol. The molecule has 0 aliphatic carbocycles. The molecule has 1 aromatic carbocycles. The minimum absolute atomic E-state index is 0.0777. The summed E-state index contributed by atoms with van der Waals surface area (Å²) in [6.45, 7) is 4.29. The van der Waals surface area contributed by atoms with Crippen LogP contribution in [0.4, 0.5) is 0 Å². The number of rotatable bonds is 5. The van der Waals surface area contributed by atoms with Gasteiger partial charge in [-0.15, -0.1) is 0 Å². The van der Waals surface area contributed by atoms with E-state index < -0.39 is 9.84 Å². The van der Waals surface area contributed by atoms with Crippen molar-refractivity contribution in [2.45, 2.75) is 30.7 Å². The van der Waals surface area contributed by atoms with Gasteiger partial charge in [0.25, 0.3) is 0 Å². The summed E-state index contributed by atoms with van der Waals surface area (Å²) in [5, 5.41) is 0. The molecule has 3 aromatic rings. The van der Waals surface area contributed by atoms with E-state index >= 15 is 0 Å². The third-order valence-electron chi connectivity index (χ3n) is 4.85. The first-order valence-electron chi connectivity index (χ1n) is 8.80. The number of oxazole rings is 1. The Hall–Kier alpha value is -2.25. The van der Waals surface area contributed by atoms with Crippen molar-refractivity contribution in [2.24, 2.45) is 0 Å². The minimum atomic E-state index is -3.24. The summed E-state index contributed by atoms with van der Waals surface area (Å²) >= 11 is 0. The molecule has 0 saturated carbocycles. The van der Waals surface area contributed by atoms with Crippen LogP contribution < -0.4 is 0 Å². The van der Waals surface area contributed by atoms with Crippen LogP contribution in [0.2, 0.25) is 0 Å². The largest absolute Gasteiger partial charge is 0.440 e. The van der Waals surface area contributed by atoms with E-state index in [9.17, 15) is 8.42 Å². The smallest absolute Gasteiger partial charge is 0.199 e. The summed E-state index contributed by atoms with van der Waals surface area (Å²) in [5.41, 5.74) is 2.30. The molecular formula is C19H21N3O3S. The zero-order valence-electron chi connectivity index (χ0n) is 14.6. The Labute approximate surface area is 152 Å². The molecule has 136 valence electrons. The number of hydrogen-bond donors (Lipinski definition) is 0. The highest BCUT2D eigenvalue weighted by Gasteiger charge is 2.28. The van der Waals surface area contributed by atoms with Crippen molar-refractivity contribution in [3.05, 3.63) is 54.2 Å². The molecule has 1 aliphatic heterocycles. The first-order chi connectivity index (χ1) is 12.5. The van der Waals surface area contributed by atoms with E-state index in [-0.39, 0.29) is 11.7 Å². The summed E-state index contributed by atoms with van der Waals surface area (Å²) in [6.07, 6.45) is 2.78. The molecule has 0 amide bonds. The quantitative estimate of drug-likeness (QED) is 0.686. The number of hydrogen-bond acceptors (Lipinski definition) is 6. The minimum Gasteiger partial charge on any atom is -0.440 e. The second-order valence-corrected chi connectivity index (χ2v) is 8.91. The lowest BCUT2D eigenvalue weighted by molar-refractivity contribution is 0.317. The number of likely N-dealkylation sites (tertiary alicyclic amines) is 1. The van der Waals surface area contributed by atoms with E-state index in [2.05, 4.69) is 14.9 Å². The van der Waals surface area contributed by atoms with Crippen molar-refractivity contribution in [1.82, 2.24) is 14.9 Å². The fourth-order valence-corrected chi connectivity index (χ4v) is 4.26. The highest BCUT2D eigenvalue weighted by atomic mass is 32.2. The van der Waals surface area contributed by atoms with Crippen LogP contribution in [0.3, 0.4) is 0 Å². The Balaban J connectivity index is 1.52. The highest BCUT2D eigenvalue weighted by Crippen LogP contribution is 2.30. The van der Waals surface area contributed by atoms with Gasteiger partial charge in [0.1, 0.15) is 5.52 Å². The maximum Gasteiger partial charge on any atom is 0.199 e. The molecule has 7 heteroatoms. The fraction of sp³-hybridized carbons (Fsp3) is 0.368. The molecule has 0 spiro atoms. The van der Waals surface area contributed by atoms with Crippen LogP contribution in [0.1, 0.15) is 30.8 Å². The molecule has 4 rings (SSSR count). The van der Waals surface area contributed by atoms with Gasteiger partial charge in [0.2, 0.25) is 0 Å². The van der Waals surface area contributed by atoms with Gasteiger partial charge in [-0.25, -0.2) is 13.4 Å². The summed E-state index contributed by atoms with van der Waals surface area (Å²) in [4.78, 5) is 11.6. The molecule has 1 unspecified atom stereocenters. The molecule has 1 atom stereocenters. The normalized spacial score (nSPS) is 18.6. The zero-order chi connectivity index (χ0) is 18.1. The molecule has 6 nitrogen and oxygen atoms in total. The van der Waals surface area contributed by atoms with Crippen LogP contribution in [0.15, 0.2) is 51.9 Å². The predicted molar refractivity (Wildman–Crippen MR) is 98.6 cm³/mol. The molecule has 26 heavy (non-hydrogen) atoms. The molecule has 1 saturated heterocycles. The third-order valence-corrected chi connectivity index (χ3v) is 6.58. The van der Waals surface area contributed by atoms with Gasteiger partial charge in [-0.3, -0.25) is 9.88 Å². The number of benzene rings is 1. The summed E-state index contributed by atoms with van der Waals surface area (Å²) < 4.78 is 30.0. The van der Waals surface area contributed by atoms with Crippen molar-refractivity contribution in [3.63, 3.8) is 0 Å². The molecule has 0 radical (unpaired) electrons. The van der Waals surface area contributed by atoms with E-state index in [0.29, 0.717) is 21.9 Å². The lowest BCUT2D eigenvalue weighted by Gasteiger charge is -2.14. The van der Waals surface area contributed by atoms with Crippen LogP contribution in [0.25, 0.3) is 11.1 Å². The van der Waals surface area contributed by atoms with Crippen LogP contribution in [0, 0.1) is 0 Å². The SMILES string of the molecule is CCS(=O)(=O)c1ccc2oc(C3CCN(Cc4ccccn4)C3)nc2c1. The molecule has 2 aromatic heterocycles. The molecule has 3 heterocycles. The van der Waals surface area contributed by atoms with Gasteiger partial charge in [0, 0.05) is 25.2 Å². The predicted octanol–water partition coefficient (Wildman–Crippen LogP) is 3.01. The first-order valence-corrected chi connectivity index (χ1v) is 10.5. The Morgan fingerprint density at radius 1 is 1.27 bits per heavy atom. The Bertz CT molecular complexity index is 1010. The number of sulfone groups is 1. The monoisotopic (exact) mass is 371 g/mol. The maximum absolute atomic E-state index is 12.1. The zero-order valence-corrected chi connectivity index (χ0v) is 15.4. The Kier molecular flexibility index (Phi) is 4.50. The van der Waals surface area contributed by atoms with Crippen LogP contribution in [0.5, 0.6) is 0 Å². The van der Waals surface area contributed by atoms with Crippen molar-refractivity contribution in [2.75, 3.05) is 18.8 Å². The van der Waals surface area contributed by atoms with Gasteiger partial charge in [-0.1, -0.05) is 13.0 Å². The van der Waals surface area contributed by atoms with Crippen LogP contribution in [-0.4, -0.2) is 42.1 Å². The fourth-order valence-electron chi connectivity index (χ4n) is 3.36. The van der Waals surface area contributed by atoms with Gasteiger partial charge < -0.3 is 4.42 Å². The van der Waals surface area contributed by atoms with Crippen LogP contribution >= 0.6 is 0 Å². The van der Waals surface area contributed by atoms with E-state index in [1.54, 1.807) is 25.1 Å². The second kappa shape index (κ2) is 6.81. The summed E-state index contributed by atoms with van der Waals surface area (Å²) in [5.74, 6) is 0.987.